The van der Waals surface area contributed by atoms with Crippen molar-refractivity contribution < 1.29 is 4.74 Å². The molecule has 0 fully saturated rings. The SMILES string of the molecule is CCNCC(C)(C)CCc1ccc2c(c1)C(C)(C)CO2. The number of fused-ring (bicyclic) bond motifs is 1. The lowest BCUT2D eigenvalue weighted by Crippen LogP contribution is -2.29. The van der Waals surface area contributed by atoms with Crippen LogP contribution in [0.2, 0.25) is 0 Å². The highest BCUT2D eigenvalue weighted by Crippen LogP contribution is 2.39. The fraction of sp³-hybridized carbons (Fsp3) is 0.667. The second-order valence-electron chi connectivity index (χ2n) is 7.45. The number of nitrogens with one attached hydrogen (secondary N) is 1. The van der Waals surface area contributed by atoms with E-state index in [2.05, 4.69) is 58.1 Å². The van der Waals surface area contributed by atoms with Crippen molar-refractivity contribution in [3.63, 3.8) is 0 Å². The topological polar surface area (TPSA) is 21.3 Å². The van der Waals surface area contributed by atoms with Crippen LogP contribution >= 0.6 is 0 Å². The molecule has 0 saturated heterocycles. The summed E-state index contributed by atoms with van der Waals surface area (Å²) in [4.78, 5) is 0. The average molecular weight is 275 g/mol. The lowest BCUT2D eigenvalue weighted by atomic mass is 9.83. The Morgan fingerprint density at radius 3 is 2.75 bits per heavy atom. The molecule has 20 heavy (non-hydrogen) atoms. The maximum Gasteiger partial charge on any atom is 0.123 e. The quantitative estimate of drug-likeness (QED) is 0.849. The molecular formula is C18H29NO. The molecule has 0 unspecified atom stereocenters. The minimum Gasteiger partial charge on any atom is -0.492 e. The van der Waals surface area contributed by atoms with Crippen LogP contribution in [0.5, 0.6) is 5.75 Å². The molecule has 0 atom stereocenters. The van der Waals surface area contributed by atoms with Gasteiger partial charge in [-0.3, -0.25) is 0 Å². The third kappa shape index (κ3) is 3.54. The Hall–Kier alpha value is -1.02. The van der Waals surface area contributed by atoms with E-state index in [0.717, 1.165) is 31.9 Å². The molecule has 1 aliphatic rings. The van der Waals surface area contributed by atoms with Crippen molar-refractivity contribution in [3.05, 3.63) is 29.3 Å². The molecule has 112 valence electrons. The summed E-state index contributed by atoms with van der Waals surface area (Å²) in [6, 6.07) is 6.73. The van der Waals surface area contributed by atoms with E-state index >= 15 is 0 Å². The largest absolute Gasteiger partial charge is 0.492 e. The van der Waals surface area contributed by atoms with Crippen molar-refractivity contribution in [3.8, 4) is 5.75 Å². The second-order valence-corrected chi connectivity index (χ2v) is 7.45. The molecule has 1 N–H and O–H groups in total. The molecular weight excluding hydrogens is 246 g/mol. The second kappa shape index (κ2) is 5.77. The minimum atomic E-state index is 0.157. The van der Waals surface area contributed by atoms with Crippen molar-refractivity contribution in [2.45, 2.75) is 52.9 Å². The highest BCUT2D eigenvalue weighted by molar-refractivity contribution is 5.45. The molecule has 1 aliphatic heterocycles. The first kappa shape index (κ1) is 15.4. The van der Waals surface area contributed by atoms with Crippen molar-refractivity contribution >= 4 is 0 Å². The zero-order valence-electron chi connectivity index (χ0n) is 13.7. The minimum absolute atomic E-state index is 0.157. The van der Waals surface area contributed by atoms with Gasteiger partial charge in [0.05, 0.1) is 6.61 Å². The maximum atomic E-state index is 5.76. The van der Waals surface area contributed by atoms with Gasteiger partial charge >= 0.3 is 0 Å². The number of ether oxygens (including phenoxy) is 1. The number of benzene rings is 1. The third-order valence-corrected chi connectivity index (χ3v) is 4.31. The molecule has 0 spiro atoms. The Kier molecular flexibility index (Phi) is 4.43. The monoisotopic (exact) mass is 275 g/mol. The summed E-state index contributed by atoms with van der Waals surface area (Å²) >= 11 is 0. The molecule has 0 saturated carbocycles. The fourth-order valence-corrected chi connectivity index (χ4v) is 2.76. The molecule has 1 aromatic rings. The maximum absolute atomic E-state index is 5.76. The van der Waals surface area contributed by atoms with Crippen LogP contribution in [0.4, 0.5) is 0 Å². The van der Waals surface area contributed by atoms with E-state index in [1.165, 1.54) is 17.5 Å². The van der Waals surface area contributed by atoms with Crippen molar-refractivity contribution in [2.75, 3.05) is 19.7 Å². The van der Waals surface area contributed by atoms with Gasteiger partial charge in [0.1, 0.15) is 5.75 Å². The van der Waals surface area contributed by atoms with Gasteiger partial charge in [-0.2, -0.15) is 0 Å². The van der Waals surface area contributed by atoms with Gasteiger partial charge in [0.25, 0.3) is 0 Å². The van der Waals surface area contributed by atoms with Crippen LogP contribution in [-0.4, -0.2) is 19.7 Å². The van der Waals surface area contributed by atoms with E-state index in [0.29, 0.717) is 5.41 Å². The Morgan fingerprint density at radius 1 is 1.30 bits per heavy atom. The number of rotatable bonds is 6. The van der Waals surface area contributed by atoms with Crippen molar-refractivity contribution in [2.24, 2.45) is 5.41 Å². The Bertz CT molecular complexity index is 462. The van der Waals surface area contributed by atoms with E-state index in [1.807, 2.05) is 0 Å². The van der Waals surface area contributed by atoms with Gasteiger partial charge in [0.15, 0.2) is 0 Å². The third-order valence-electron chi connectivity index (χ3n) is 4.31. The van der Waals surface area contributed by atoms with Crippen molar-refractivity contribution in [1.82, 2.24) is 5.32 Å². The fourth-order valence-electron chi connectivity index (χ4n) is 2.76. The van der Waals surface area contributed by atoms with Crippen LogP contribution in [0.15, 0.2) is 18.2 Å². The van der Waals surface area contributed by atoms with Crippen LogP contribution in [0, 0.1) is 5.41 Å². The molecule has 0 aliphatic carbocycles. The number of hydrogen-bond acceptors (Lipinski definition) is 2. The molecule has 1 heterocycles. The molecule has 0 bridgehead atoms. The van der Waals surface area contributed by atoms with E-state index in [4.69, 9.17) is 4.74 Å². The van der Waals surface area contributed by atoms with Crippen LogP contribution in [0.3, 0.4) is 0 Å². The normalized spacial score (nSPS) is 16.9. The van der Waals surface area contributed by atoms with Gasteiger partial charge in [-0.25, -0.2) is 0 Å². The smallest absolute Gasteiger partial charge is 0.123 e. The summed E-state index contributed by atoms with van der Waals surface area (Å²) in [5.41, 5.74) is 3.32. The molecule has 0 amide bonds. The highest BCUT2D eigenvalue weighted by atomic mass is 16.5. The van der Waals surface area contributed by atoms with E-state index in [1.54, 1.807) is 0 Å². The van der Waals surface area contributed by atoms with Crippen LogP contribution < -0.4 is 10.1 Å². The van der Waals surface area contributed by atoms with Crippen LogP contribution in [-0.2, 0) is 11.8 Å². The van der Waals surface area contributed by atoms with Crippen molar-refractivity contribution in [1.29, 1.82) is 0 Å². The standard InChI is InChI=1S/C18H29NO/c1-6-19-12-17(2,3)10-9-14-7-8-16-15(11-14)18(4,5)13-20-16/h7-8,11,19H,6,9-10,12-13H2,1-5H3. The highest BCUT2D eigenvalue weighted by Gasteiger charge is 2.31. The Labute approximate surface area is 123 Å². The van der Waals surface area contributed by atoms with Gasteiger partial charge in [0, 0.05) is 17.5 Å². The Balaban J connectivity index is 2.01. The van der Waals surface area contributed by atoms with E-state index in [9.17, 15) is 0 Å². The first-order chi connectivity index (χ1) is 9.34. The van der Waals surface area contributed by atoms with Crippen LogP contribution in [0.25, 0.3) is 0 Å². The summed E-state index contributed by atoms with van der Waals surface area (Å²) < 4.78 is 5.76. The van der Waals surface area contributed by atoms with E-state index < -0.39 is 0 Å². The van der Waals surface area contributed by atoms with Gasteiger partial charge in [0.2, 0.25) is 0 Å². The zero-order valence-corrected chi connectivity index (χ0v) is 13.7. The van der Waals surface area contributed by atoms with Crippen LogP contribution in [0.1, 0.15) is 52.2 Å². The predicted octanol–water partition coefficient (Wildman–Crippen LogP) is 3.92. The average Bonchev–Trinajstić information content (AvgIpc) is 2.70. The molecule has 2 heteroatoms. The predicted molar refractivity (Wildman–Crippen MR) is 85.6 cm³/mol. The molecule has 0 aromatic heterocycles. The first-order valence-corrected chi connectivity index (χ1v) is 7.81. The molecule has 0 radical (unpaired) electrons. The molecule has 2 nitrogen and oxygen atoms in total. The van der Waals surface area contributed by atoms with Gasteiger partial charge in [-0.15, -0.1) is 0 Å². The number of hydrogen-bond donors (Lipinski definition) is 1. The summed E-state index contributed by atoms with van der Waals surface area (Å²) in [6.45, 7) is 14.3. The summed E-state index contributed by atoms with van der Waals surface area (Å²) in [6.07, 6.45) is 2.35. The van der Waals surface area contributed by atoms with E-state index in [-0.39, 0.29) is 5.41 Å². The number of aryl methyl sites for hydroxylation is 1. The zero-order chi connectivity index (χ0) is 14.8. The van der Waals surface area contributed by atoms with Gasteiger partial charge < -0.3 is 10.1 Å². The lowest BCUT2D eigenvalue weighted by molar-refractivity contribution is 0.291. The summed E-state index contributed by atoms with van der Waals surface area (Å²) in [5, 5.41) is 3.46. The first-order valence-electron chi connectivity index (χ1n) is 7.81. The Morgan fingerprint density at radius 2 is 2.05 bits per heavy atom. The summed E-state index contributed by atoms with van der Waals surface area (Å²) in [5.74, 6) is 1.07. The van der Waals surface area contributed by atoms with Gasteiger partial charge in [-0.1, -0.05) is 46.8 Å². The molecule has 1 aromatic carbocycles. The molecule has 2 rings (SSSR count). The van der Waals surface area contributed by atoms with Gasteiger partial charge in [-0.05, 0) is 36.4 Å². The lowest BCUT2D eigenvalue weighted by Gasteiger charge is -2.25. The summed E-state index contributed by atoms with van der Waals surface area (Å²) in [7, 11) is 0.